The molecule has 0 amide bonds. The van der Waals surface area contributed by atoms with Gasteiger partial charge in [0, 0.05) is 12.6 Å². The fourth-order valence-corrected chi connectivity index (χ4v) is 2.27. The molecule has 6 heteroatoms. The summed E-state index contributed by atoms with van der Waals surface area (Å²) in [6.07, 6.45) is 4.13. The van der Waals surface area contributed by atoms with Crippen LogP contribution < -0.4 is 5.32 Å². The molecule has 0 saturated carbocycles. The lowest BCUT2D eigenvalue weighted by Crippen LogP contribution is -2.24. The zero-order chi connectivity index (χ0) is 16.5. The van der Waals surface area contributed by atoms with Gasteiger partial charge in [0.2, 0.25) is 0 Å². The zero-order valence-corrected chi connectivity index (χ0v) is 15.1. The van der Waals surface area contributed by atoms with Crippen LogP contribution in [0, 0.1) is 10.7 Å². The van der Waals surface area contributed by atoms with E-state index in [2.05, 4.69) is 31.5 Å². The smallest absolute Gasteiger partial charge is 0.136 e. The van der Waals surface area contributed by atoms with Gasteiger partial charge < -0.3 is 19.5 Å². The molecule has 0 aromatic rings. The molecule has 0 saturated heterocycles. The number of nitrogens with one attached hydrogen (secondary N) is 1. The van der Waals surface area contributed by atoms with E-state index in [4.69, 9.17) is 19.5 Å². The third-order valence-corrected chi connectivity index (χ3v) is 3.64. The zero-order valence-electron chi connectivity index (χ0n) is 14.3. The second-order valence-electron chi connectivity index (χ2n) is 5.34. The van der Waals surface area contributed by atoms with Gasteiger partial charge in [0.1, 0.15) is 10.8 Å². The Morgan fingerprint density at radius 3 is 2.36 bits per heavy atom. The van der Waals surface area contributed by atoms with Crippen LogP contribution in [0.5, 0.6) is 0 Å². The molecular weight excluding hydrogens is 300 g/mol. The highest BCUT2D eigenvalue weighted by molar-refractivity contribution is 8.04. The van der Waals surface area contributed by atoms with Crippen molar-refractivity contribution in [1.29, 1.82) is 5.26 Å². The maximum absolute atomic E-state index is 8.79. The fourth-order valence-electron chi connectivity index (χ4n) is 1.70. The predicted molar refractivity (Wildman–Crippen MR) is 91.9 cm³/mol. The molecule has 0 bridgehead atoms. The summed E-state index contributed by atoms with van der Waals surface area (Å²) >= 11 is 1.19. The van der Waals surface area contributed by atoms with Crippen molar-refractivity contribution in [3.8, 4) is 5.40 Å². The molecule has 1 unspecified atom stereocenters. The molecule has 0 aromatic carbocycles. The lowest BCUT2D eigenvalue weighted by Gasteiger charge is -2.15. The van der Waals surface area contributed by atoms with Crippen molar-refractivity contribution in [2.24, 2.45) is 0 Å². The van der Waals surface area contributed by atoms with E-state index in [0.29, 0.717) is 32.5 Å². The number of hydrogen-bond acceptors (Lipinski definition) is 6. The van der Waals surface area contributed by atoms with E-state index in [9.17, 15) is 0 Å². The molecule has 130 valence electrons. The number of thioether (sulfide) groups is 1. The number of unbranched alkanes of at least 4 members (excludes halogenated alkanes) is 1. The molecule has 0 aliphatic heterocycles. The summed E-state index contributed by atoms with van der Waals surface area (Å²) in [6.45, 7) is 10.5. The van der Waals surface area contributed by atoms with Gasteiger partial charge in [-0.25, -0.2) is 0 Å². The van der Waals surface area contributed by atoms with Gasteiger partial charge in [-0.3, -0.25) is 0 Å². The first-order valence-corrected chi connectivity index (χ1v) is 9.13. The molecule has 22 heavy (non-hydrogen) atoms. The van der Waals surface area contributed by atoms with Gasteiger partial charge in [-0.2, -0.15) is 5.26 Å². The van der Waals surface area contributed by atoms with E-state index >= 15 is 0 Å². The third kappa shape index (κ3) is 16.1. The highest BCUT2D eigenvalue weighted by Gasteiger charge is 2.09. The SMILES string of the molecule is CCCCOCCOCCOC(CCCNC(C)C)SC#N. The molecule has 1 N–H and O–H groups in total. The second-order valence-corrected chi connectivity index (χ2v) is 6.28. The van der Waals surface area contributed by atoms with E-state index in [1.165, 1.54) is 11.8 Å². The van der Waals surface area contributed by atoms with Crippen LogP contribution in [0.2, 0.25) is 0 Å². The van der Waals surface area contributed by atoms with E-state index in [1.807, 2.05) is 0 Å². The second kappa shape index (κ2) is 17.0. The van der Waals surface area contributed by atoms with Crippen LogP contribution in [0.3, 0.4) is 0 Å². The number of ether oxygens (including phenoxy) is 3. The lowest BCUT2D eigenvalue weighted by molar-refractivity contribution is 0.00734. The summed E-state index contributed by atoms with van der Waals surface area (Å²) in [7, 11) is 0. The molecule has 0 aliphatic carbocycles. The van der Waals surface area contributed by atoms with E-state index < -0.39 is 0 Å². The summed E-state index contributed by atoms with van der Waals surface area (Å²) in [4.78, 5) is 0. The average Bonchev–Trinajstić information content (AvgIpc) is 2.49. The summed E-state index contributed by atoms with van der Waals surface area (Å²) in [5.41, 5.74) is -0.0663. The van der Waals surface area contributed by atoms with Crippen molar-refractivity contribution in [3.63, 3.8) is 0 Å². The van der Waals surface area contributed by atoms with Gasteiger partial charge in [-0.05, 0) is 37.6 Å². The predicted octanol–water partition coefficient (Wildman–Crippen LogP) is 3.15. The van der Waals surface area contributed by atoms with Crippen molar-refractivity contribution in [2.45, 2.75) is 57.9 Å². The summed E-state index contributed by atoms with van der Waals surface area (Å²) in [5, 5.41) is 14.3. The minimum absolute atomic E-state index is 0.0663. The highest BCUT2D eigenvalue weighted by atomic mass is 32.2. The Labute approximate surface area is 140 Å². The van der Waals surface area contributed by atoms with Crippen LogP contribution in [0.4, 0.5) is 0 Å². The Morgan fingerprint density at radius 2 is 1.73 bits per heavy atom. The molecule has 0 aliphatic rings. The first-order valence-electron chi connectivity index (χ1n) is 8.25. The summed E-state index contributed by atoms with van der Waals surface area (Å²) in [6, 6.07) is 0.496. The Hall–Kier alpha value is -0.320. The first-order chi connectivity index (χ1) is 10.7. The quantitative estimate of drug-likeness (QED) is 0.266. The van der Waals surface area contributed by atoms with E-state index in [-0.39, 0.29) is 5.44 Å². The van der Waals surface area contributed by atoms with Crippen LogP contribution in [0.15, 0.2) is 0 Å². The highest BCUT2D eigenvalue weighted by Crippen LogP contribution is 2.16. The van der Waals surface area contributed by atoms with Gasteiger partial charge in [0.05, 0.1) is 26.4 Å². The molecule has 0 radical (unpaired) electrons. The summed E-state index contributed by atoms with van der Waals surface area (Å²) in [5.74, 6) is 0. The average molecular weight is 333 g/mol. The Morgan fingerprint density at radius 1 is 1.05 bits per heavy atom. The number of nitriles is 1. The number of hydrogen-bond donors (Lipinski definition) is 1. The topological polar surface area (TPSA) is 63.5 Å². The monoisotopic (exact) mass is 332 g/mol. The van der Waals surface area contributed by atoms with Gasteiger partial charge in [0.25, 0.3) is 0 Å². The number of thiocyanates is 1. The van der Waals surface area contributed by atoms with Crippen LogP contribution >= 0.6 is 11.8 Å². The van der Waals surface area contributed by atoms with Crippen LogP contribution in [0.25, 0.3) is 0 Å². The Bertz CT molecular complexity index is 273. The fraction of sp³-hybridized carbons (Fsp3) is 0.938. The standard InChI is InChI=1S/C16H32N2O3S/c1-4-5-9-19-10-11-20-12-13-21-16(22-14-17)7-6-8-18-15(2)3/h15-16,18H,4-13H2,1-3H3. The normalized spacial score (nSPS) is 12.5. The first kappa shape index (κ1) is 21.7. The maximum Gasteiger partial charge on any atom is 0.136 e. The molecule has 0 spiro atoms. The molecular formula is C16H32N2O3S. The van der Waals surface area contributed by atoms with Gasteiger partial charge in [-0.15, -0.1) is 0 Å². The lowest BCUT2D eigenvalue weighted by atomic mass is 10.3. The van der Waals surface area contributed by atoms with Gasteiger partial charge in [-0.1, -0.05) is 27.2 Å². The van der Waals surface area contributed by atoms with Gasteiger partial charge >= 0.3 is 0 Å². The van der Waals surface area contributed by atoms with Crippen LogP contribution in [-0.4, -0.2) is 51.1 Å². The largest absolute Gasteiger partial charge is 0.379 e. The van der Waals surface area contributed by atoms with Crippen molar-refractivity contribution >= 4 is 11.8 Å². The molecule has 0 rings (SSSR count). The molecule has 0 heterocycles. The minimum atomic E-state index is -0.0663. The molecule has 0 aromatic heterocycles. The van der Waals surface area contributed by atoms with E-state index in [0.717, 1.165) is 38.8 Å². The van der Waals surface area contributed by atoms with Crippen LogP contribution in [0.1, 0.15) is 46.5 Å². The summed E-state index contributed by atoms with van der Waals surface area (Å²) < 4.78 is 16.5. The van der Waals surface area contributed by atoms with Gasteiger partial charge in [0.15, 0.2) is 0 Å². The molecule has 1 atom stereocenters. The van der Waals surface area contributed by atoms with Crippen molar-refractivity contribution < 1.29 is 14.2 Å². The molecule has 0 fully saturated rings. The molecule has 5 nitrogen and oxygen atoms in total. The van der Waals surface area contributed by atoms with Crippen molar-refractivity contribution in [1.82, 2.24) is 5.32 Å². The number of rotatable bonds is 16. The number of nitrogens with zero attached hydrogens (tertiary/aromatic N) is 1. The van der Waals surface area contributed by atoms with E-state index in [1.54, 1.807) is 0 Å². The Balaban J connectivity index is 3.47. The third-order valence-electron chi connectivity index (χ3n) is 2.90. The minimum Gasteiger partial charge on any atom is -0.379 e. The Kier molecular flexibility index (Phi) is 16.8. The van der Waals surface area contributed by atoms with Crippen molar-refractivity contribution in [3.05, 3.63) is 0 Å². The van der Waals surface area contributed by atoms with Crippen molar-refractivity contribution in [2.75, 3.05) is 39.6 Å². The van der Waals surface area contributed by atoms with Crippen LogP contribution in [-0.2, 0) is 14.2 Å². The maximum atomic E-state index is 8.79.